The van der Waals surface area contributed by atoms with Gasteiger partial charge in [0.25, 0.3) is 21.8 Å². The highest BCUT2D eigenvalue weighted by Gasteiger charge is 2.27. The Hall–Kier alpha value is -4.18. The minimum atomic E-state index is -4.11. The van der Waals surface area contributed by atoms with Crippen molar-refractivity contribution in [3.63, 3.8) is 0 Å². The van der Waals surface area contributed by atoms with Crippen LogP contribution < -0.4 is 15.0 Å². The van der Waals surface area contributed by atoms with Gasteiger partial charge in [0.1, 0.15) is 6.54 Å². The number of benzene rings is 4. The van der Waals surface area contributed by atoms with Gasteiger partial charge in [-0.05, 0) is 86.5 Å². The summed E-state index contributed by atoms with van der Waals surface area (Å²) in [6.45, 7) is 4.79. The lowest BCUT2D eigenvalue weighted by molar-refractivity contribution is -0.119. The first-order valence-electron chi connectivity index (χ1n) is 12.8. The molecule has 0 unspecified atom stereocenters. The van der Waals surface area contributed by atoms with Gasteiger partial charge in [0, 0.05) is 21.3 Å². The van der Waals surface area contributed by atoms with Crippen LogP contribution in [0.25, 0.3) is 0 Å². The second-order valence-corrected chi connectivity index (χ2v) is 12.2. The third-order valence-corrected chi connectivity index (χ3v) is 8.74. The Balaban J connectivity index is 1.52. The minimum absolute atomic E-state index is 0.0360. The van der Waals surface area contributed by atoms with E-state index in [4.69, 9.17) is 23.2 Å². The number of hydrogen-bond donors (Lipinski definition) is 2. The molecule has 0 aliphatic heterocycles. The molecular formula is C31H28Cl2N4O4S. The summed E-state index contributed by atoms with van der Waals surface area (Å²) in [6, 6.07) is 24.7. The molecule has 11 heteroatoms. The van der Waals surface area contributed by atoms with Crippen LogP contribution in [0.1, 0.15) is 34.0 Å². The summed E-state index contributed by atoms with van der Waals surface area (Å²) in [5.41, 5.74) is 6.34. The number of carbonyl (C=O) groups excluding carboxylic acids is 2. The zero-order chi connectivity index (χ0) is 30.4. The lowest BCUT2D eigenvalue weighted by Crippen LogP contribution is -2.39. The zero-order valence-electron chi connectivity index (χ0n) is 23.1. The Bertz CT molecular complexity index is 1770. The lowest BCUT2D eigenvalue weighted by atomic mass is 10.1. The number of nitrogens with one attached hydrogen (secondary N) is 2. The van der Waals surface area contributed by atoms with Crippen molar-refractivity contribution in [1.82, 2.24) is 5.43 Å². The van der Waals surface area contributed by atoms with Crippen molar-refractivity contribution in [3.8, 4) is 0 Å². The van der Waals surface area contributed by atoms with E-state index in [0.29, 0.717) is 32.6 Å². The Morgan fingerprint density at radius 3 is 2.24 bits per heavy atom. The molecule has 2 amide bonds. The van der Waals surface area contributed by atoms with E-state index in [9.17, 15) is 18.0 Å². The van der Waals surface area contributed by atoms with Gasteiger partial charge in [0.2, 0.25) is 0 Å². The summed E-state index contributed by atoms with van der Waals surface area (Å²) in [7, 11) is -4.11. The van der Waals surface area contributed by atoms with Gasteiger partial charge in [0.15, 0.2) is 0 Å². The van der Waals surface area contributed by atoms with E-state index in [-0.39, 0.29) is 16.5 Å². The predicted molar refractivity (Wildman–Crippen MR) is 168 cm³/mol. The number of amides is 2. The van der Waals surface area contributed by atoms with Crippen LogP contribution in [0.3, 0.4) is 0 Å². The van der Waals surface area contributed by atoms with Crippen LogP contribution in [-0.4, -0.2) is 32.5 Å². The van der Waals surface area contributed by atoms with Gasteiger partial charge in [-0.15, -0.1) is 0 Å². The first kappa shape index (κ1) is 30.8. The molecule has 0 saturated heterocycles. The maximum absolute atomic E-state index is 13.6. The molecule has 0 aliphatic rings. The normalized spacial score (nSPS) is 11.6. The van der Waals surface area contributed by atoms with Gasteiger partial charge >= 0.3 is 0 Å². The number of rotatable bonds is 9. The fourth-order valence-electron chi connectivity index (χ4n) is 3.92. The highest BCUT2D eigenvalue weighted by Crippen LogP contribution is 2.28. The van der Waals surface area contributed by atoms with E-state index in [1.54, 1.807) is 86.6 Å². The van der Waals surface area contributed by atoms with Crippen LogP contribution in [0.5, 0.6) is 0 Å². The van der Waals surface area contributed by atoms with E-state index in [1.807, 2.05) is 6.92 Å². The van der Waals surface area contributed by atoms with Crippen molar-refractivity contribution in [2.45, 2.75) is 25.7 Å². The van der Waals surface area contributed by atoms with Gasteiger partial charge in [-0.25, -0.2) is 13.8 Å². The molecule has 4 aromatic rings. The minimum Gasteiger partial charge on any atom is -0.322 e. The Labute approximate surface area is 255 Å². The van der Waals surface area contributed by atoms with Gasteiger partial charge < -0.3 is 5.32 Å². The summed E-state index contributed by atoms with van der Waals surface area (Å²) in [5, 5.41) is 7.80. The Morgan fingerprint density at radius 1 is 0.857 bits per heavy atom. The van der Waals surface area contributed by atoms with E-state index in [0.717, 1.165) is 15.4 Å². The van der Waals surface area contributed by atoms with Gasteiger partial charge in [-0.2, -0.15) is 5.10 Å². The summed E-state index contributed by atoms with van der Waals surface area (Å²) in [4.78, 5) is 25.7. The number of aryl methyl sites for hydroxylation is 2. The predicted octanol–water partition coefficient (Wildman–Crippen LogP) is 6.60. The molecule has 0 atom stereocenters. The van der Waals surface area contributed by atoms with Crippen LogP contribution in [0.15, 0.2) is 101 Å². The van der Waals surface area contributed by atoms with Gasteiger partial charge in [0.05, 0.1) is 16.3 Å². The van der Waals surface area contributed by atoms with Crippen LogP contribution in [-0.2, 0) is 14.8 Å². The first-order valence-corrected chi connectivity index (χ1v) is 15.0. The molecule has 0 bridgehead atoms. The van der Waals surface area contributed by atoms with Crippen LogP contribution in [0, 0.1) is 13.8 Å². The number of anilines is 2. The molecule has 216 valence electrons. The highest BCUT2D eigenvalue weighted by molar-refractivity contribution is 7.92. The van der Waals surface area contributed by atoms with Crippen molar-refractivity contribution in [2.24, 2.45) is 5.10 Å². The quantitative estimate of drug-likeness (QED) is 0.162. The fourth-order valence-corrected chi connectivity index (χ4v) is 5.70. The van der Waals surface area contributed by atoms with E-state index in [2.05, 4.69) is 15.8 Å². The molecule has 0 aromatic heterocycles. The van der Waals surface area contributed by atoms with E-state index >= 15 is 0 Å². The summed E-state index contributed by atoms with van der Waals surface area (Å²) in [5.74, 6) is -0.990. The molecule has 4 rings (SSSR count). The number of carbonyl (C=O) groups is 2. The molecule has 0 radical (unpaired) electrons. The van der Waals surface area contributed by atoms with E-state index in [1.165, 1.54) is 18.2 Å². The Kier molecular flexibility index (Phi) is 9.67. The topological polar surface area (TPSA) is 108 Å². The van der Waals surface area contributed by atoms with Crippen molar-refractivity contribution in [3.05, 3.63) is 123 Å². The number of halogens is 2. The third-order valence-electron chi connectivity index (χ3n) is 6.31. The SMILES string of the molecule is C/C(=N/NC(=O)CN(c1ccc(C)c(Cl)c1)S(=O)(=O)c1ccc(C)cc1)c1cccc(NC(=O)c2cccc(Cl)c2)c1. The lowest BCUT2D eigenvalue weighted by Gasteiger charge is -2.24. The number of nitrogens with zero attached hydrogens (tertiary/aromatic N) is 2. The van der Waals surface area contributed by atoms with Crippen molar-refractivity contribution in [1.29, 1.82) is 0 Å². The average Bonchev–Trinajstić information content (AvgIpc) is 2.96. The standard InChI is InChI=1S/C31H28Cl2N4O4S/c1-20-10-14-28(15-11-20)42(40,41)37(27-13-12-21(2)29(33)18-27)19-30(38)36-35-22(3)23-6-5-9-26(17-23)34-31(39)24-7-4-8-25(32)16-24/h4-18H,19H2,1-3H3,(H,34,39)(H,36,38)/b35-22-. The molecule has 42 heavy (non-hydrogen) atoms. The van der Waals surface area contributed by atoms with Crippen molar-refractivity contribution < 1.29 is 18.0 Å². The zero-order valence-corrected chi connectivity index (χ0v) is 25.4. The largest absolute Gasteiger partial charge is 0.322 e. The molecular weight excluding hydrogens is 595 g/mol. The number of sulfonamides is 1. The summed E-state index contributed by atoms with van der Waals surface area (Å²) >= 11 is 12.3. The van der Waals surface area contributed by atoms with Gasteiger partial charge in [-0.1, -0.05) is 65.2 Å². The number of hydrogen-bond acceptors (Lipinski definition) is 5. The molecule has 4 aromatic carbocycles. The summed E-state index contributed by atoms with van der Waals surface area (Å²) in [6.07, 6.45) is 0. The van der Waals surface area contributed by atoms with Crippen LogP contribution >= 0.6 is 23.2 Å². The molecule has 2 N–H and O–H groups in total. The molecule has 0 heterocycles. The molecule has 0 aliphatic carbocycles. The molecule has 0 fully saturated rings. The molecule has 0 spiro atoms. The van der Waals surface area contributed by atoms with Crippen molar-refractivity contribution in [2.75, 3.05) is 16.2 Å². The highest BCUT2D eigenvalue weighted by atomic mass is 35.5. The van der Waals surface area contributed by atoms with Crippen LogP contribution in [0.4, 0.5) is 11.4 Å². The Morgan fingerprint density at radius 2 is 1.55 bits per heavy atom. The second-order valence-electron chi connectivity index (χ2n) is 9.54. The average molecular weight is 624 g/mol. The van der Waals surface area contributed by atoms with Gasteiger partial charge in [-0.3, -0.25) is 13.9 Å². The first-order chi connectivity index (χ1) is 19.9. The second kappa shape index (κ2) is 13.2. The maximum atomic E-state index is 13.6. The number of hydrazone groups is 1. The smallest absolute Gasteiger partial charge is 0.264 e. The van der Waals surface area contributed by atoms with Crippen molar-refractivity contribution >= 4 is 62.1 Å². The summed E-state index contributed by atoms with van der Waals surface area (Å²) < 4.78 is 28.2. The molecule has 8 nitrogen and oxygen atoms in total. The maximum Gasteiger partial charge on any atom is 0.264 e. The monoisotopic (exact) mass is 622 g/mol. The van der Waals surface area contributed by atoms with Crippen LogP contribution in [0.2, 0.25) is 10.0 Å². The third kappa shape index (κ3) is 7.55. The molecule has 0 saturated carbocycles. The van der Waals surface area contributed by atoms with E-state index < -0.39 is 22.5 Å². The fraction of sp³-hybridized carbons (Fsp3) is 0.129.